The summed E-state index contributed by atoms with van der Waals surface area (Å²) in [6, 6.07) is 0. The summed E-state index contributed by atoms with van der Waals surface area (Å²) in [5.74, 6) is 0. The summed E-state index contributed by atoms with van der Waals surface area (Å²) in [6.07, 6.45) is 18.4. The Bertz CT molecular complexity index is 415. The van der Waals surface area contributed by atoms with Crippen molar-refractivity contribution in [2.45, 2.75) is 141 Å². The van der Waals surface area contributed by atoms with Crippen molar-refractivity contribution in [1.29, 1.82) is 0 Å². The van der Waals surface area contributed by atoms with E-state index in [1.807, 2.05) is 6.92 Å². The third-order valence-corrected chi connectivity index (χ3v) is 6.78. The second kappa shape index (κ2) is 21.7. The van der Waals surface area contributed by atoms with Crippen LogP contribution in [-0.4, -0.2) is 29.4 Å². The molecule has 2 atom stereocenters. The van der Waals surface area contributed by atoms with Gasteiger partial charge in [0.1, 0.15) is 0 Å². The van der Waals surface area contributed by atoms with Crippen molar-refractivity contribution >= 4 is 10.1 Å². The summed E-state index contributed by atoms with van der Waals surface area (Å²) < 4.78 is 33.8. The van der Waals surface area contributed by atoms with E-state index in [2.05, 4.69) is 6.92 Å². The third kappa shape index (κ3) is 20.8. The van der Waals surface area contributed by atoms with Crippen LogP contribution in [0.3, 0.4) is 0 Å². The van der Waals surface area contributed by atoms with Gasteiger partial charge in [-0.25, -0.2) is 8.42 Å². The van der Waals surface area contributed by atoms with E-state index < -0.39 is 15.4 Å². The van der Waals surface area contributed by atoms with E-state index in [-0.39, 0.29) is 57.5 Å². The molecule has 0 saturated carbocycles. The minimum Gasteiger partial charge on any atom is -0.748 e. The first kappa shape index (κ1) is 31.7. The average molecular weight is 445 g/mol. The zero-order valence-corrected chi connectivity index (χ0v) is 22.9. The van der Waals surface area contributed by atoms with Crippen molar-refractivity contribution in [3.63, 3.8) is 0 Å². The van der Waals surface area contributed by atoms with Gasteiger partial charge in [-0.3, -0.25) is 0 Å². The van der Waals surface area contributed by atoms with Crippen molar-refractivity contribution in [2.75, 3.05) is 0 Å². The molecule has 0 aromatic heterocycles. The van der Waals surface area contributed by atoms with Crippen LogP contribution in [0.1, 0.15) is 129 Å². The Morgan fingerprint density at radius 2 is 1.00 bits per heavy atom. The van der Waals surface area contributed by atoms with Crippen LogP contribution in [0.25, 0.3) is 0 Å². The van der Waals surface area contributed by atoms with Gasteiger partial charge in [0.05, 0.1) is 16.2 Å². The minimum atomic E-state index is -4.18. The van der Waals surface area contributed by atoms with Gasteiger partial charge >= 0.3 is 51.4 Å². The predicted octanol–water partition coefficient (Wildman–Crippen LogP) is 3.33. The van der Waals surface area contributed by atoms with Crippen LogP contribution in [0.15, 0.2) is 0 Å². The molecule has 2 unspecified atom stereocenters. The summed E-state index contributed by atoms with van der Waals surface area (Å²) in [4.78, 5) is 0. The number of hydrogen-bond donors (Lipinski definition) is 1. The first-order valence-electron chi connectivity index (χ1n) is 11.5. The maximum atomic E-state index is 11.3. The van der Waals surface area contributed by atoms with Crippen molar-refractivity contribution < 1.29 is 69.5 Å². The second-order valence-corrected chi connectivity index (χ2v) is 9.82. The topological polar surface area (TPSA) is 77.4 Å². The first-order chi connectivity index (χ1) is 12.9. The smallest absolute Gasteiger partial charge is 0.748 e. The fraction of sp³-hybridized carbons (Fsp3) is 1.00. The molecule has 0 rings (SSSR count). The molecule has 0 heterocycles. The number of hydrogen-bond acceptors (Lipinski definition) is 4. The Morgan fingerprint density at radius 3 is 1.46 bits per heavy atom. The molecule has 0 aliphatic carbocycles. The fourth-order valence-electron chi connectivity index (χ4n) is 3.63. The number of aliphatic hydroxyl groups is 1. The van der Waals surface area contributed by atoms with E-state index in [4.69, 9.17) is 0 Å². The van der Waals surface area contributed by atoms with E-state index in [0.717, 1.165) is 38.5 Å². The molecule has 4 nitrogen and oxygen atoms in total. The Hall–Kier alpha value is 1.51. The number of rotatable bonds is 20. The zero-order chi connectivity index (χ0) is 20.4. The predicted molar refractivity (Wildman–Crippen MR) is 114 cm³/mol. The van der Waals surface area contributed by atoms with Gasteiger partial charge in [-0.2, -0.15) is 0 Å². The van der Waals surface area contributed by atoms with E-state index in [0.29, 0.717) is 19.3 Å². The van der Waals surface area contributed by atoms with Gasteiger partial charge in [0, 0.05) is 5.25 Å². The molecule has 1 N–H and O–H groups in total. The van der Waals surface area contributed by atoms with Crippen LogP contribution < -0.4 is 51.4 Å². The minimum absolute atomic E-state index is 0. The molecular formula is C22H45KO4S. The fourth-order valence-corrected chi connectivity index (χ4v) is 4.54. The Labute approximate surface area is 218 Å². The maximum Gasteiger partial charge on any atom is 1.00 e. The van der Waals surface area contributed by atoms with Crippen molar-refractivity contribution in [2.24, 2.45) is 0 Å². The molecule has 28 heavy (non-hydrogen) atoms. The summed E-state index contributed by atoms with van der Waals surface area (Å²) in [7, 11) is -4.18. The molecule has 0 aromatic carbocycles. The van der Waals surface area contributed by atoms with Gasteiger partial charge < -0.3 is 9.66 Å². The Morgan fingerprint density at radius 1 is 0.643 bits per heavy atom. The molecule has 0 aromatic rings. The molecular weight excluding hydrogens is 399 g/mol. The van der Waals surface area contributed by atoms with E-state index in [1.165, 1.54) is 57.8 Å². The molecule has 0 spiro atoms. The van der Waals surface area contributed by atoms with Crippen LogP contribution in [0.5, 0.6) is 0 Å². The van der Waals surface area contributed by atoms with E-state index in [9.17, 15) is 18.1 Å². The van der Waals surface area contributed by atoms with Gasteiger partial charge in [0.15, 0.2) is 0 Å². The van der Waals surface area contributed by atoms with Crippen LogP contribution in [-0.2, 0) is 10.1 Å². The van der Waals surface area contributed by atoms with Crippen molar-refractivity contribution in [1.82, 2.24) is 0 Å². The van der Waals surface area contributed by atoms with E-state index >= 15 is 0 Å². The number of unbranched alkanes of at least 4 members (excludes halogenated alkanes) is 11. The Kier molecular flexibility index (Phi) is 24.6. The molecule has 0 radical (unpaired) electrons. The summed E-state index contributed by atoms with van der Waals surface area (Å²) >= 11 is 0. The standard InChI is InChI=1S/C22H46O4S.K/c1-3-5-7-8-9-10-11-12-13-14-17-21(23)18-15-16-20-22(19-6-4-2)27(24,25)26;/h21-23H,3-20H2,1-2H3,(H,24,25,26);/q;+1/p-1. The Balaban J connectivity index is 0. The average Bonchev–Trinajstić information content (AvgIpc) is 2.61. The van der Waals surface area contributed by atoms with Crippen LogP contribution in [0.4, 0.5) is 0 Å². The normalized spacial score (nSPS) is 13.9. The van der Waals surface area contributed by atoms with Crippen LogP contribution in [0.2, 0.25) is 0 Å². The van der Waals surface area contributed by atoms with E-state index in [1.54, 1.807) is 0 Å². The first-order valence-corrected chi connectivity index (χ1v) is 13.0. The van der Waals surface area contributed by atoms with Gasteiger partial charge in [0.25, 0.3) is 0 Å². The van der Waals surface area contributed by atoms with Gasteiger partial charge in [-0.05, 0) is 25.7 Å². The molecule has 164 valence electrons. The van der Waals surface area contributed by atoms with Crippen molar-refractivity contribution in [3.8, 4) is 0 Å². The summed E-state index contributed by atoms with van der Waals surface area (Å²) in [6.45, 7) is 4.24. The quantitative estimate of drug-likeness (QED) is 0.177. The third-order valence-electron chi connectivity index (χ3n) is 5.49. The molecule has 0 aliphatic heterocycles. The molecule has 0 aliphatic rings. The monoisotopic (exact) mass is 444 g/mol. The van der Waals surface area contributed by atoms with Gasteiger partial charge in [-0.15, -0.1) is 0 Å². The largest absolute Gasteiger partial charge is 1.00 e. The zero-order valence-electron chi connectivity index (χ0n) is 19.0. The van der Waals surface area contributed by atoms with Crippen molar-refractivity contribution in [3.05, 3.63) is 0 Å². The van der Waals surface area contributed by atoms with Crippen LogP contribution >= 0.6 is 0 Å². The van der Waals surface area contributed by atoms with Crippen LogP contribution in [0, 0.1) is 0 Å². The van der Waals surface area contributed by atoms with Gasteiger partial charge in [-0.1, -0.05) is 104 Å². The second-order valence-electron chi connectivity index (χ2n) is 8.17. The molecule has 0 saturated heterocycles. The summed E-state index contributed by atoms with van der Waals surface area (Å²) in [5.41, 5.74) is 0. The maximum absolute atomic E-state index is 11.3. The number of aliphatic hydroxyl groups excluding tert-OH is 1. The molecule has 6 heteroatoms. The molecule has 0 bridgehead atoms. The molecule has 0 fully saturated rings. The summed E-state index contributed by atoms with van der Waals surface area (Å²) in [5, 5.41) is 9.32. The van der Waals surface area contributed by atoms with Gasteiger partial charge in [0.2, 0.25) is 0 Å². The molecule has 0 amide bonds. The SMILES string of the molecule is CCCCCCCCCCCCC(O)CCCCC(CCCC)S(=O)(=O)[O-].[K+].